The maximum atomic E-state index is 12.8. The Balaban J connectivity index is 0.00000380. The van der Waals surface area contributed by atoms with E-state index in [4.69, 9.17) is 4.74 Å². The third-order valence-corrected chi connectivity index (χ3v) is 7.14. The third-order valence-electron chi connectivity index (χ3n) is 4.98. The Morgan fingerprint density at radius 1 is 1.11 bits per heavy atom. The highest BCUT2D eigenvalue weighted by Crippen LogP contribution is 2.34. The van der Waals surface area contributed by atoms with Crippen LogP contribution in [0.3, 0.4) is 0 Å². The van der Waals surface area contributed by atoms with E-state index in [9.17, 15) is 22.8 Å². The number of methoxy groups -OCH3 is 1. The molecule has 4 rings (SSSR count). The molecule has 0 atom stereocenters. The van der Waals surface area contributed by atoms with Gasteiger partial charge in [-0.05, 0) is 30.7 Å². The number of aryl methyl sites for hydroxylation is 1. The monoisotopic (exact) mass is 552 g/mol. The molecule has 14 heteroatoms. The summed E-state index contributed by atoms with van der Waals surface area (Å²) in [6.07, 6.45) is -0.921. The second-order valence-corrected chi connectivity index (χ2v) is 9.53. The standard InChI is InChI=1S/C22H19F3N6O3S2.CH4/c1-11-15-17(28-10-29-18(15)36-16(11)19(32)34-2)26-7-6-14-9-27-21(35-14)31-20(33)30-13-5-3-4-12(8-13)22(23,24)25;/h3-5,8-10H,6-7H2,1-2H3,(H,26,28,29)(H2,27,30,31,33);1H4. The topological polar surface area (TPSA) is 118 Å². The van der Waals surface area contributed by atoms with Gasteiger partial charge in [0.25, 0.3) is 0 Å². The summed E-state index contributed by atoms with van der Waals surface area (Å²) in [5.41, 5.74) is -0.107. The maximum absolute atomic E-state index is 12.8. The molecule has 3 aromatic heterocycles. The Morgan fingerprint density at radius 2 is 1.89 bits per heavy atom. The van der Waals surface area contributed by atoms with Gasteiger partial charge in [0.1, 0.15) is 21.9 Å². The van der Waals surface area contributed by atoms with Crippen molar-refractivity contribution >= 4 is 61.5 Å². The molecule has 2 amide bonds. The minimum Gasteiger partial charge on any atom is -0.465 e. The van der Waals surface area contributed by atoms with E-state index in [-0.39, 0.29) is 13.1 Å². The number of fused-ring (bicyclic) bond motifs is 1. The molecule has 0 spiro atoms. The highest BCUT2D eigenvalue weighted by Gasteiger charge is 2.30. The van der Waals surface area contributed by atoms with Crippen molar-refractivity contribution in [3.8, 4) is 0 Å². The maximum Gasteiger partial charge on any atom is 0.416 e. The molecule has 0 radical (unpaired) electrons. The van der Waals surface area contributed by atoms with E-state index in [1.165, 1.54) is 48.2 Å². The van der Waals surface area contributed by atoms with E-state index in [1.54, 1.807) is 6.20 Å². The van der Waals surface area contributed by atoms with E-state index in [2.05, 4.69) is 30.9 Å². The molecule has 3 N–H and O–H groups in total. The van der Waals surface area contributed by atoms with Crippen LogP contribution in [-0.4, -0.2) is 40.6 Å². The van der Waals surface area contributed by atoms with E-state index in [1.807, 2.05) is 6.92 Å². The molecule has 0 aliphatic rings. The molecule has 0 bridgehead atoms. The molecule has 0 saturated heterocycles. The number of hydrogen-bond donors (Lipinski definition) is 3. The van der Waals surface area contributed by atoms with Gasteiger partial charge < -0.3 is 15.4 Å². The number of halogens is 3. The molecule has 0 aliphatic carbocycles. The fourth-order valence-corrected chi connectivity index (χ4v) is 5.18. The molecule has 0 saturated carbocycles. The minimum atomic E-state index is -4.50. The molecule has 0 aliphatic heterocycles. The quantitative estimate of drug-likeness (QED) is 0.234. The number of esters is 1. The zero-order valence-electron chi connectivity index (χ0n) is 18.9. The van der Waals surface area contributed by atoms with Crippen molar-refractivity contribution < 1.29 is 27.5 Å². The first-order chi connectivity index (χ1) is 17.2. The molecule has 1 aromatic carbocycles. The molecule has 9 nitrogen and oxygen atoms in total. The first-order valence-electron chi connectivity index (χ1n) is 10.4. The highest BCUT2D eigenvalue weighted by molar-refractivity contribution is 7.20. The minimum absolute atomic E-state index is 0. The van der Waals surface area contributed by atoms with Gasteiger partial charge in [-0.1, -0.05) is 13.5 Å². The van der Waals surface area contributed by atoms with Crippen molar-refractivity contribution in [3.05, 3.63) is 57.7 Å². The van der Waals surface area contributed by atoms with Gasteiger partial charge in [-0.15, -0.1) is 22.7 Å². The smallest absolute Gasteiger partial charge is 0.416 e. The van der Waals surface area contributed by atoms with Gasteiger partial charge in [0, 0.05) is 29.7 Å². The number of ether oxygens (including phenoxy) is 1. The number of nitrogens with one attached hydrogen (secondary N) is 3. The normalized spacial score (nSPS) is 11.1. The second kappa shape index (κ2) is 11.5. The van der Waals surface area contributed by atoms with Crippen molar-refractivity contribution in [1.29, 1.82) is 0 Å². The van der Waals surface area contributed by atoms with Crippen LogP contribution in [0, 0.1) is 6.92 Å². The Hall–Kier alpha value is -3.78. The van der Waals surface area contributed by atoms with Crippen molar-refractivity contribution in [2.45, 2.75) is 26.9 Å². The van der Waals surface area contributed by atoms with Gasteiger partial charge in [-0.3, -0.25) is 5.32 Å². The number of hydrogen-bond acceptors (Lipinski definition) is 9. The van der Waals surface area contributed by atoms with Crippen molar-refractivity contribution in [2.24, 2.45) is 0 Å². The summed E-state index contributed by atoms with van der Waals surface area (Å²) in [6.45, 7) is 2.30. The van der Waals surface area contributed by atoms with E-state index >= 15 is 0 Å². The van der Waals surface area contributed by atoms with Crippen LogP contribution >= 0.6 is 22.7 Å². The summed E-state index contributed by atoms with van der Waals surface area (Å²) >= 11 is 2.47. The lowest BCUT2D eigenvalue weighted by atomic mass is 10.2. The van der Waals surface area contributed by atoms with Crippen LogP contribution in [0.25, 0.3) is 10.2 Å². The zero-order chi connectivity index (χ0) is 25.9. The lowest BCUT2D eigenvalue weighted by molar-refractivity contribution is -0.137. The molecule has 196 valence electrons. The molecular formula is C23H23F3N6O3S2. The summed E-state index contributed by atoms with van der Waals surface area (Å²) < 4.78 is 43.4. The average Bonchev–Trinajstić information content (AvgIpc) is 3.42. The summed E-state index contributed by atoms with van der Waals surface area (Å²) in [4.78, 5) is 38.8. The summed E-state index contributed by atoms with van der Waals surface area (Å²) in [5, 5.41) is 9.18. The SMILES string of the molecule is C.COC(=O)c1sc2ncnc(NCCc3cnc(NC(=O)Nc4cccc(C(F)(F)F)c4)s3)c2c1C. The summed E-state index contributed by atoms with van der Waals surface area (Å²) in [5.74, 6) is 0.162. The Kier molecular flexibility index (Phi) is 8.65. The fourth-order valence-electron chi connectivity index (χ4n) is 3.31. The number of thiazole rings is 1. The lowest BCUT2D eigenvalue weighted by Gasteiger charge is -2.09. The van der Waals surface area contributed by atoms with Gasteiger partial charge in [-0.25, -0.2) is 24.5 Å². The number of carbonyl (C=O) groups is 2. The molecule has 0 fully saturated rings. The molecule has 3 heterocycles. The fraction of sp³-hybridized carbons (Fsp3) is 0.261. The van der Waals surface area contributed by atoms with Gasteiger partial charge >= 0.3 is 18.2 Å². The summed E-state index contributed by atoms with van der Waals surface area (Å²) in [7, 11) is 1.32. The van der Waals surface area contributed by atoms with Crippen LogP contribution in [0.1, 0.15) is 33.1 Å². The Morgan fingerprint density at radius 3 is 2.62 bits per heavy atom. The van der Waals surface area contributed by atoms with Crippen LogP contribution in [0.5, 0.6) is 0 Å². The van der Waals surface area contributed by atoms with Crippen molar-refractivity contribution in [2.75, 3.05) is 29.6 Å². The van der Waals surface area contributed by atoms with Crippen LogP contribution in [0.15, 0.2) is 36.8 Å². The highest BCUT2D eigenvalue weighted by atomic mass is 32.1. The van der Waals surface area contributed by atoms with Crippen LogP contribution in [-0.2, 0) is 17.3 Å². The number of amides is 2. The molecule has 37 heavy (non-hydrogen) atoms. The molecular weight excluding hydrogens is 529 g/mol. The largest absolute Gasteiger partial charge is 0.465 e. The number of urea groups is 1. The van der Waals surface area contributed by atoms with Gasteiger partial charge in [0.05, 0.1) is 18.1 Å². The Bertz CT molecular complexity index is 1420. The Labute approximate surface area is 218 Å². The van der Waals surface area contributed by atoms with Crippen LogP contribution in [0.2, 0.25) is 0 Å². The predicted octanol–water partition coefficient (Wildman–Crippen LogP) is 6.20. The third kappa shape index (κ3) is 6.51. The number of benzene rings is 1. The van der Waals surface area contributed by atoms with E-state index in [0.717, 1.165) is 28.0 Å². The van der Waals surface area contributed by atoms with Gasteiger partial charge in [0.2, 0.25) is 0 Å². The number of rotatable bonds is 7. The number of nitrogens with zero attached hydrogens (tertiary/aromatic N) is 3. The number of aromatic nitrogens is 3. The van der Waals surface area contributed by atoms with Crippen LogP contribution in [0.4, 0.5) is 34.6 Å². The van der Waals surface area contributed by atoms with E-state index in [0.29, 0.717) is 33.6 Å². The predicted molar refractivity (Wildman–Crippen MR) is 139 cm³/mol. The second-order valence-electron chi connectivity index (χ2n) is 7.42. The number of carbonyl (C=O) groups excluding carboxylic acids is 2. The van der Waals surface area contributed by atoms with Gasteiger partial charge in [0.15, 0.2) is 5.13 Å². The zero-order valence-corrected chi connectivity index (χ0v) is 20.5. The first-order valence-corrected chi connectivity index (χ1v) is 12.0. The molecule has 4 aromatic rings. The number of anilines is 3. The summed E-state index contributed by atoms with van der Waals surface area (Å²) in [6, 6.07) is 3.65. The number of alkyl halides is 3. The van der Waals surface area contributed by atoms with Crippen molar-refractivity contribution in [1.82, 2.24) is 15.0 Å². The molecule has 0 unspecified atom stereocenters. The number of thiophene rings is 1. The van der Waals surface area contributed by atoms with Crippen LogP contribution < -0.4 is 16.0 Å². The first kappa shape index (κ1) is 27.8. The van der Waals surface area contributed by atoms with Gasteiger partial charge in [-0.2, -0.15) is 13.2 Å². The van der Waals surface area contributed by atoms with Crippen molar-refractivity contribution in [3.63, 3.8) is 0 Å². The van der Waals surface area contributed by atoms with E-state index < -0.39 is 23.7 Å². The average molecular weight is 553 g/mol. The lowest BCUT2D eigenvalue weighted by Crippen LogP contribution is -2.19.